The summed E-state index contributed by atoms with van der Waals surface area (Å²) in [6.45, 7) is 6.66. The highest BCUT2D eigenvalue weighted by Gasteiger charge is 2.21. The molecule has 0 amide bonds. The van der Waals surface area contributed by atoms with Crippen LogP contribution in [-0.2, 0) is 12.6 Å². The molecule has 0 saturated heterocycles. The number of aromatic nitrogens is 6. The number of nitrogens with zero attached hydrogens (tertiary/aromatic N) is 6. The van der Waals surface area contributed by atoms with Gasteiger partial charge in [0.25, 0.3) is 5.56 Å². The Bertz CT molecular complexity index is 959. The highest BCUT2D eigenvalue weighted by Crippen LogP contribution is 2.20. The molecule has 0 aliphatic rings. The van der Waals surface area contributed by atoms with E-state index < -0.39 is 0 Å². The Kier molecular flexibility index (Phi) is 4.57. The maximum atomic E-state index is 12.4. The van der Waals surface area contributed by atoms with E-state index in [1.165, 1.54) is 0 Å². The molecule has 26 heavy (non-hydrogen) atoms. The van der Waals surface area contributed by atoms with Crippen LogP contribution in [0, 0.1) is 0 Å². The van der Waals surface area contributed by atoms with E-state index in [9.17, 15) is 4.79 Å². The first-order valence-electron chi connectivity index (χ1n) is 8.54. The first-order chi connectivity index (χ1) is 12.2. The van der Waals surface area contributed by atoms with Crippen LogP contribution < -0.4 is 10.9 Å². The molecule has 3 rings (SSSR count). The lowest BCUT2D eigenvalue weighted by atomic mass is 10.1. The SMILES string of the molecule is CN(C)C(CNc1nc2c(cnn2C(C)(C)C)c(=O)[nH]1)c1cnn(C)c1. The van der Waals surface area contributed by atoms with Gasteiger partial charge in [-0.05, 0) is 34.9 Å². The summed E-state index contributed by atoms with van der Waals surface area (Å²) in [6, 6.07) is 0.0947. The van der Waals surface area contributed by atoms with Crippen LogP contribution in [0.1, 0.15) is 32.4 Å². The standard InChI is InChI=1S/C17H26N8O/c1-17(2,3)25-14-12(8-20-25)15(26)22-16(21-14)18-9-13(23(4)5)11-7-19-24(6)10-11/h7-8,10,13H,9H2,1-6H3,(H2,18,21,22,26). The third-order valence-corrected chi connectivity index (χ3v) is 4.27. The largest absolute Gasteiger partial charge is 0.354 e. The topological polar surface area (TPSA) is 96.7 Å². The van der Waals surface area contributed by atoms with E-state index in [4.69, 9.17) is 0 Å². The van der Waals surface area contributed by atoms with E-state index in [0.29, 0.717) is 23.5 Å². The molecule has 9 heteroatoms. The highest BCUT2D eigenvalue weighted by atomic mass is 16.1. The van der Waals surface area contributed by atoms with Gasteiger partial charge >= 0.3 is 0 Å². The lowest BCUT2D eigenvalue weighted by molar-refractivity contribution is 0.311. The second kappa shape index (κ2) is 6.56. The first kappa shape index (κ1) is 18.1. The van der Waals surface area contributed by atoms with Crippen LogP contribution in [0.2, 0.25) is 0 Å². The van der Waals surface area contributed by atoms with Crippen molar-refractivity contribution in [3.05, 3.63) is 34.5 Å². The van der Waals surface area contributed by atoms with Crippen molar-refractivity contribution in [3.63, 3.8) is 0 Å². The van der Waals surface area contributed by atoms with Gasteiger partial charge in [0.2, 0.25) is 5.95 Å². The summed E-state index contributed by atoms with van der Waals surface area (Å²) in [5, 5.41) is 12.3. The zero-order valence-corrected chi connectivity index (χ0v) is 16.1. The van der Waals surface area contributed by atoms with Crippen LogP contribution in [-0.4, -0.2) is 55.1 Å². The molecule has 0 aliphatic heterocycles. The van der Waals surface area contributed by atoms with E-state index in [1.807, 2.05) is 54.3 Å². The molecule has 0 bridgehead atoms. The summed E-state index contributed by atoms with van der Waals surface area (Å²) in [5.74, 6) is 0.434. The van der Waals surface area contributed by atoms with Gasteiger partial charge < -0.3 is 10.2 Å². The Morgan fingerprint density at radius 2 is 2.00 bits per heavy atom. The Labute approximate surface area is 152 Å². The maximum Gasteiger partial charge on any atom is 0.263 e. The summed E-state index contributed by atoms with van der Waals surface area (Å²) in [6.07, 6.45) is 5.40. The number of fused-ring (bicyclic) bond motifs is 1. The van der Waals surface area contributed by atoms with Gasteiger partial charge in [0.05, 0.1) is 24.0 Å². The zero-order chi connectivity index (χ0) is 19.1. The normalized spacial score (nSPS) is 13.5. The summed E-state index contributed by atoms with van der Waals surface area (Å²) < 4.78 is 3.55. The molecule has 0 fully saturated rings. The molecular weight excluding hydrogens is 332 g/mol. The average Bonchev–Trinajstić information content (AvgIpc) is 3.13. The van der Waals surface area contributed by atoms with Gasteiger partial charge in [-0.25, -0.2) is 4.68 Å². The van der Waals surface area contributed by atoms with Crippen LogP contribution in [0.25, 0.3) is 11.0 Å². The highest BCUT2D eigenvalue weighted by molar-refractivity contribution is 5.74. The molecule has 0 saturated carbocycles. The molecule has 1 unspecified atom stereocenters. The minimum absolute atomic E-state index is 0.0947. The molecule has 3 aromatic heterocycles. The Hall–Kier alpha value is -2.68. The number of nitrogens with one attached hydrogen (secondary N) is 2. The van der Waals surface area contributed by atoms with Gasteiger partial charge in [-0.2, -0.15) is 15.2 Å². The van der Waals surface area contributed by atoms with Crippen molar-refractivity contribution < 1.29 is 0 Å². The third-order valence-electron chi connectivity index (χ3n) is 4.27. The number of aromatic amines is 1. The molecule has 140 valence electrons. The molecular formula is C17H26N8O. The smallest absolute Gasteiger partial charge is 0.263 e. The fourth-order valence-corrected chi connectivity index (χ4v) is 2.90. The van der Waals surface area contributed by atoms with Gasteiger partial charge in [-0.3, -0.25) is 14.5 Å². The number of likely N-dealkylation sites (N-methyl/N-ethyl adjacent to an activating group) is 1. The second-order valence-electron chi connectivity index (χ2n) is 7.69. The second-order valence-corrected chi connectivity index (χ2v) is 7.69. The summed E-state index contributed by atoms with van der Waals surface area (Å²) in [5.41, 5.74) is 1.21. The van der Waals surface area contributed by atoms with Gasteiger partial charge in [0.1, 0.15) is 5.39 Å². The number of aryl methyl sites for hydroxylation is 1. The van der Waals surface area contributed by atoms with Crippen molar-refractivity contribution in [1.29, 1.82) is 0 Å². The fourth-order valence-electron chi connectivity index (χ4n) is 2.90. The quantitative estimate of drug-likeness (QED) is 0.714. The number of rotatable bonds is 5. The monoisotopic (exact) mass is 358 g/mol. The van der Waals surface area contributed by atoms with E-state index in [-0.39, 0.29) is 17.1 Å². The van der Waals surface area contributed by atoms with Gasteiger partial charge in [-0.1, -0.05) is 0 Å². The minimum Gasteiger partial charge on any atom is -0.354 e. The molecule has 0 aromatic carbocycles. The van der Waals surface area contributed by atoms with Crippen molar-refractivity contribution in [2.24, 2.45) is 7.05 Å². The Morgan fingerprint density at radius 3 is 2.58 bits per heavy atom. The molecule has 0 aliphatic carbocycles. The molecule has 2 N–H and O–H groups in total. The number of hydrogen-bond acceptors (Lipinski definition) is 6. The summed E-state index contributed by atoms with van der Waals surface area (Å²) in [4.78, 5) is 21.9. The molecule has 0 spiro atoms. The molecule has 0 radical (unpaired) electrons. The van der Waals surface area contributed by atoms with Gasteiger partial charge in [-0.15, -0.1) is 0 Å². The van der Waals surface area contributed by atoms with Gasteiger partial charge in [0, 0.05) is 25.4 Å². The van der Waals surface area contributed by atoms with Crippen molar-refractivity contribution >= 4 is 17.0 Å². The predicted molar refractivity (Wildman–Crippen MR) is 101 cm³/mol. The lowest BCUT2D eigenvalue weighted by Gasteiger charge is -2.24. The zero-order valence-electron chi connectivity index (χ0n) is 16.1. The maximum absolute atomic E-state index is 12.4. The first-order valence-corrected chi connectivity index (χ1v) is 8.54. The van der Waals surface area contributed by atoms with Crippen LogP contribution >= 0.6 is 0 Å². The third kappa shape index (κ3) is 3.48. The fraction of sp³-hybridized carbons (Fsp3) is 0.529. The van der Waals surface area contributed by atoms with Gasteiger partial charge in [0.15, 0.2) is 5.65 Å². The van der Waals surface area contributed by atoms with E-state index in [1.54, 1.807) is 15.6 Å². The summed E-state index contributed by atoms with van der Waals surface area (Å²) >= 11 is 0. The Balaban J connectivity index is 1.89. The van der Waals surface area contributed by atoms with Crippen molar-refractivity contribution in [2.75, 3.05) is 26.0 Å². The number of hydrogen-bond donors (Lipinski definition) is 2. The molecule has 3 aromatic rings. The van der Waals surface area contributed by atoms with E-state index >= 15 is 0 Å². The van der Waals surface area contributed by atoms with Crippen LogP contribution in [0.4, 0.5) is 5.95 Å². The lowest BCUT2D eigenvalue weighted by Crippen LogP contribution is -2.28. The van der Waals surface area contributed by atoms with E-state index in [0.717, 1.165) is 5.56 Å². The van der Waals surface area contributed by atoms with Crippen molar-refractivity contribution in [1.82, 2.24) is 34.4 Å². The van der Waals surface area contributed by atoms with Crippen molar-refractivity contribution in [2.45, 2.75) is 32.4 Å². The summed E-state index contributed by atoms with van der Waals surface area (Å²) in [7, 11) is 5.91. The van der Waals surface area contributed by atoms with Crippen LogP contribution in [0.3, 0.4) is 0 Å². The molecule has 1 atom stereocenters. The Morgan fingerprint density at radius 1 is 1.27 bits per heavy atom. The van der Waals surface area contributed by atoms with Crippen LogP contribution in [0.5, 0.6) is 0 Å². The average molecular weight is 358 g/mol. The van der Waals surface area contributed by atoms with E-state index in [2.05, 4.69) is 30.4 Å². The number of anilines is 1. The minimum atomic E-state index is -0.262. The predicted octanol–water partition coefficient (Wildman–Crippen LogP) is 1.32. The molecule has 9 nitrogen and oxygen atoms in total. The van der Waals surface area contributed by atoms with Crippen molar-refractivity contribution in [3.8, 4) is 0 Å². The molecule has 3 heterocycles. The van der Waals surface area contributed by atoms with Crippen LogP contribution in [0.15, 0.2) is 23.4 Å². The number of H-pyrrole nitrogens is 1.